The van der Waals surface area contributed by atoms with Crippen molar-refractivity contribution in [3.8, 4) is 0 Å². The number of amides is 1. The number of nitrogens with zero attached hydrogens (tertiary/aromatic N) is 1. The normalized spacial score (nSPS) is 33.6. The zero-order valence-electron chi connectivity index (χ0n) is 5.99. The van der Waals surface area contributed by atoms with Gasteiger partial charge in [0.1, 0.15) is 0 Å². The number of piperazine rings is 1. The molecule has 2 aliphatic rings. The number of likely N-dealkylation sites (tertiary alicyclic amines) is 1. The van der Waals surface area contributed by atoms with Crippen LogP contribution in [0.1, 0.15) is 6.42 Å². The number of carbonyl (C=O) groups is 1. The van der Waals surface area contributed by atoms with Crippen LogP contribution in [0.25, 0.3) is 0 Å². The number of halogens is 1. The van der Waals surface area contributed by atoms with Gasteiger partial charge in [-0.1, -0.05) is 0 Å². The average Bonchev–Trinajstić information content (AvgIpc) is 2.44. The molecule has 2 fully saturated rings. The fraction of sp³-hybridized carbons (Fsp3) is 0.833. The minimum absolute atomic E-state index is 0. The van der Waals surface area contributed by atoms with Crippen molar-refractivity contribution >= 4 is 18.5 Å². The second kappa shape index (κ2) is 2.87. The number of nitrogens with one attached hydrogen (secondary N) is 1. The van der Waals surface area contributed by atoms with E-state index in [0.29, 0.717) is 12.6 Å². The minimum Gasteiger partial charge on any atom is -0.465 e. The third-order valence-electron chi connectivity index (χ3n) is 2.30. The van der Waals surface area contributed by atoms with E-state index >= 15 is 0 Å². The van der Waals surface area contributed by atoms with E-state index in [4.69, 9.17) is 5.11 Å². The highest BCUT2D eigenvalue weighted by Gasteiger charge is 2.39. The molecule has 5 heteroatoms. The van der Waals surface area contributed by atoms with Gasteiger partial charge < -0.3 is 15.3 Å². The smallest absolute Gasteiger partial charge is 0.407 e. The van der Waals surface area contributed by atoms with Gasteiger partial charge in [-0.25, -0.2) is 4.79 Å². The van der Waals surface area contributed by atoms with Crippen LogP contribution in [0.15, 0.2) is 0 Å². The van der Waals surface area contributed by atoms with Crippen LogP contribution in [0.5, 0.6) is 0 Å². The quantitative estimate of drug-likeness (QED) is 0.555. The summed E-state index contributed by atoms with van der Waals surface area (Å²) in [4.78, 5) is 12.0. The first-order valence-corrected chi connectivity index (χ1v) is 3.50. The highest BCUT2D eigenvalue weighted by Crippen LogP contribution is 2.22. The third kappa shape index (κ3) is 1.28. The molecule has 0 aromatic heterocycles. The van der Waals surface area contributed by atoms with E-state index in [0.717, 1.165) is 13.0 Å². The Morgan fingerprint density at radius 1 is 1.64 bits per heavy atom. The molecule has 2 unspecified atom stereocenters. The molecule has 1 amide bonds. The Labute approximate surface area is 71.0 Å². The summed E-state index contributed by atoms with van der Waals surface area (Å²) < 4.78 is 0. The van der Waals surface area contributed by atoms with E-state index in [2.05, 4.69) is 5.32 Å². The van der Waals surface area contributed by atoms with E-state index in [1.807, 2.05) is 0 Å². The van der Waals surface area contributed by atoms with Crippen LogP contribution >= 0.6 is 12.4 Å². The van der Waals surface area contributed by atoms with Crippen LogP contribution in [0, 0.1) is 0 Å². The molecule has 2 aliphatic heterocycles. The van der Waals surface area contributed by atoms with Gasteiger partial charge in [-0.15, -0.1) is 12.4 Å². The van der Waals surface area contributed by atoms with Gasteiger partial charge in [0, 0.05) is 25.2 Å². The van der Waals surface area contributed by atoms with Crippen molar-refractivity contribution in [2.45, 2.75) is 18.5 Å². The summed E-state index contributed by atoms with van der Waals surface area (Å²) >= 11 is 0. The standard InChI is InChI=1S/C6H10N2O2.ClH/c9-6(10)8-3-4-1-5(8)2-7-4;/h4-5,7H,1-3H2,(H,9,10);1H. The molecule has 2 heterocycles. The molecule has 0 saturated carbocycles. The Kier molecular flexibility index (Phi) is 2.25. The van der Waals surface area contributed by atoms with Crippen LogP contribution in [-0.2, 0) is 0 Å². The van der Waals surface area contributed by atoms with Crippen molar-refractivity contribution in [2.24, 2.45) is 0 Å². The molecular weight excluding hydrogens is 168 g/mol. The molecule has 2 atom stereocenters. The Balaban J connectivity index is 0.000000605. The molecule has 4 nitrogen and oxygen atoms in total. The molecule has 0 aromatic rings. The van der Waals surface area contributed by atoms with E-state index in [9.17, 15) is 4.79 Å². The largest absolute Gasteiger partial charge is 0.465 e. The summed E-state index contributed by atoms with van der Waals surface area (Å²) in [5, 5.41) is 11.9. The number of rotatable bonds is 0. The maximum atomic E-state index is 10.5. The number of carboxylic acid groups (broad SMARTS) is 1. The zero-order chi connectivity index (χ0) is 7.14. The van der Waals surface area contributed by atoms with Crippen LogP contribution in [0.4, 0.5) is 4.79 Å². The first-order chi connectivity index (χ1) is 4.77. The van der Waals surface area contributed by atoms with E-state index in [1.54, 1.807) is 0 Å². The Morgan fingerprint density at radius 2 is 2.36 bits per heavy atom. The minimum atomic E-state index is -0.769. The topological polar surface area (TPSA) is 52.6 Å². The van der Waals surface area contributed by atoms with Gasteiger partial charge in [-0.2, -0.15) is 0 Å². The summed E-state index contributed by atoms with van der Waals surface area (Å²) in [7, 11) is 0. The van der Waals surface area contributed by atoms with Gasteiger partial charge in [0.05, 0.1) is 0 Å². The summed E-state index contributed by atoms with van der Waals surface area (Å²) in [5.41, 5.74) is 0. The summed E-state index contributed by atoms with van der Waals surface area (Å²) in [6, 6.07) is 0.684. The lowest BCUT2D eigenvalue weighted by molar-refractivity contribution is 0.134. The summed E-state index contributed by atoms with van der Waals surface area (Å²) in [5.74, 6) is 0. The van der Waals surface area contributed by atoms with Crippen molar-refractivity contribution < 1.29 is 9.90 Å². The third-order valence-corrected chi connectivity index (χ3v) is 2.30. The van der Waals surface area contributed by atoms with Crippen LogP contribution in [0.3, 0.4) is 0 Å². The predicted octanol–water partition coefficient (Wildman–Crippen LogP) is 0.132. The molecule has 0 radical (unpaired) electrons. The second-order valence-corrected chi connectivity index (χ2v) is 2.93. The van der Waals surface area contributed by atoms with Crippen molar-refractivity contribution in [2.75, 3.05) is 13.1 Å². The highest BCUT2D eigenvalue weighted by molar-refractivity contribution is 5.85. The first-order valence-electron chi connectivity index (χ1n) is 3.50. The average molecular weight is 179 g/mol. The molecule has 0 aromatic carbocycles. The fourth-order valence-corrected chi connectivity index (χ4v) is 1.80. The Morgan fingerprint density at radius 3 is 2.64 bits per heavy atom. The monoisotopic (exact) mass is 178 g/mol. The van der Waals surface area contributed by atoms with E-state index < -0.39 is 6.09 Å². The number of hydrogen-bond donors (Lipinski definition) is 2. The van der Waals surface area contributed by atoms with Gasteiger partial charge in [0.15, 0.2) is 0 Å². The second-order valence-electron chi connectivity index (χ2n) is 2.93. The van der Waals surface area contributed by atoms with Gasteiger partial charge in [-0.05, 0) is 6.42 Å². The lowest BCUT2D eigenvalue weighted by Gasteiger charge is -2.23. The molecule has 0 spiro atoms. The summed E-state index contributed by atoms with van der Waals surface area (Å²) in [6.45, 7) is 1.52. The molecule has 2 rings (SSSR count). The molecular formula is C6H11ClN2O2. The van der Waals surface area contributed by atoms with Crippen LogP contribution < -0.4 is 5.32 Å². The lowest BCUT2D eigenvalue weighted by Crippen LogP contribution is -2.45. The van der Waals surface area contributed by atoms with E-state index in [-0.39, 0.29) is 18.4 Å². The number of fused-ring (bicyclic) bond motifs is 2. The lowest BCUT2D eigenvalue weighted by atomic mass is 10.2. The SMILES string of the molecule is Cl.O=C(O)N1CC2CC1CN2. The Bertz CT molecular complexity index is 176. The maximum absolute atomic E-state index is 10.5. The molecule has 2 bridgehead atoms. The maximum Gasteiger partial charge on any atom is 0.407 e. The highest BCUT2D eigenvalue weighted by atomic mass is 35.5. The molecule has 0 aliphatic carbocycles. The van der Waals surface area contributed by atoms with Crippen LogP contribution in [0.2, 0.25) is 0 Å². The van der Waals surface area contributed by atoms with E-state index in [1.165, 1.54) is 4.90 Å². The number of hydrogen-bond acceptors (Lipinski definition) is 2. The first kappa shape index (κ1) is 8.62. The summed E-state index contributed by atoms with van der Waals surface area (Å²) in [6.07, 6.45) is 0.237. The predicted molar refractivity (Wildman–Crippen MR) is 42.2 cm³/mol. The molecule has 64 valence electrons. The molecule has 2 saturated heterocycles. The Hall–Kier alpha value is -0.480. The van der Waals surface area contributed by atoms with Crippen molar-refractivity contribution in [1.29, 1.82) is 0 Å². The zero-order valence-corrected chi connectivity index (χ0v) is 6.80. The van der Waals surface area contributed by atoms with Gasteiger partial charge in [0.25, 0.3) is 0 Å². The molecule has 2 N–H and O–H groups in total. The van der Waals surface area contributed by atoms with Crippen molar-refractivity contribution in [1.82, 2.24) is 10.2 Å². The van der Waals surface area contributed by atoms with Gasteiger partial charge in [0.2, 0.25) is 0 Å². The molecule has 11 heavy (non-hydrogen) atoms. The van der Waals surface area contributed by atoms with Crippen LogP contribution in [-0.4, -0.2) is 41.3 Å². The van der Waals surface area contributed by atoms with Crippen molar-refractivity contribution in [3.05, 3.63) is 0 Å². The van der Waals surface area contributed by atoms with Gasteiger partial charge in [-0.3, -0.25) is 0 Å². The fourth-order valence-electron chi connectivity index (χ4n) is 1.80. The van der Waals surface area contributed by atoms with Crippen molar-refractivity contribution in [3.63, 3.8) is 0 Å². The van der Waals surface area contributed by atoms with Gasteiger partial charge >= 0.3 is 6.09 Å².